The molecule has 1 aromatic heterocycles. The molecule has 1 amide bonds. The van der Waals surface area contributed by atoms with Crippen LogP contribution in [0.1, 0.15) is 12.5 Å². The molecule has 0 aliphatic carbocycles. The minimum atomic E-state index is -0.525. The summed E-state index contributed by atoms with van der Waals surface area (Å²) in [6, 6.07) is 13.1. The number of hydrogen-bond acceptors (Lipinski definition) is 4. The zero-order chi connectivity index (χ0) is 18.7. The number of nitrogens with zero attached hydrogens (tertiary/aromatic N) is 2. The lowest BCUT2D eigenvalue weighted by molar-refractivity contribution is -0.116. The second kappa shape index (κ2) is 7.76. The van der Waals surface area contributed by atoms with Crippen LogP contribution in [-0.4, -0.2) is 33.2 Å². The van der Waals surface area contributed by atoms with Crippen molar-refractivity contribution in [2.75, 3.05) is 17.2 Å². The molecule has 0 bridgehead atoms. The van der Waals surface area contributed by atoms with Gasteiger partial charge in [-0.05, 0) is 43.7 Å². The van der Waals surface area contributed by atoms with Gasteiger partial charge in [-0.1, -0.05) is 29.8 Å². The van der Waals surface area contributed by atoms with E-state index in [0.29, 0.717) is 23.2 Å². The number of para-hydroxylation sites is 2. The Balaban J connectivity index is 1.84. The lowest BCUT2D eigenvalue weighted by Crippen LogP contribution is -2.22. The fourth-order valence-corrected chi connectivity index (χ4v) is 2.95. The van der Waals surface area contributed by atoms with Gasteiger partial charge in [0.1, 0.15) is 6.54 Å². The zero-order valence-electron chi connectivity index (χ0n) is 14.7. The van der Waals surface area contributed by atoms with E-state index in [1.807, 2.05) is 37.3 Å². The van der Waals surface area contributed by atoms with E-state index < -0.39 is 6.10 Å². The van der Waals surface area contributed by atoms with Crippen LogP contribution in [0.4, 0.5) is 11.6 Å². The molecule has 0 radical (unpaired) electrons. The number of benzene rings is 2. The Labute approximate surface area is 156 Å². The summed E-state index contributed by atoms with van der Waals surface area (Å²) in [6.07, 6.45) is -0.525. The normalized spacial score (nSPS) is 12.2. The van der Waals surface area contributed by atoms with Crippen molar-refractivity contribution in [2.24, 2.45) is 0 Å². The number of anilines is 2. The van der Waals surface area contributed by atoms with Crippen LogP contribution in [0, 0.1) is 6.92 Å². The molecule has 3 N–H and O–H groups in total. The molecule has 1 heterocycles. The molecular formula is C19H21ClN4O2. The van der Waals surface area contributed by atoms with E-state index in [4.69, 9.17) is 11.6 Å². The van der Waals surface area contributed by atoms with Gasteiger partial charge < -0.3 is 20.3 Å². The first kappa shape index (κ1) is 18.2. The Morgan fingerprint density at radius 1 is 1.31 bits per heavy atom. The van der Waals surface area contributed by atoms with Gasteiger partial charge in [-0.25, -0.2) is 4.98 Å². The van der Waals surface area contributed by atoms with Crippen LogP contribution in [0.25, 0.3) is 11.0 Å². The minimum absolute atomic E-state index is 0.0763. The van der Waals surface area contributed by atoms with Crippen molar-refractivity contribution in [3.05, 3.63) is 53.1 Å². The molecule has 1 unspecified atom stereocenters. The predicted octanol–water partition coefficient (Wildman–Crippen LogP) is 3.43. The molecule has 3 rings (SSSR count). The van der Waals surface area contributed by atoms with E-state index in [9.17, 15) is 9.90 Å². The lowest BCUT2D eigenvalue weighted by atomic mass is 10.2. The molecule has 0 fully saturated rings. The number of aliphatic hydroxyl groups is 1. The zero-order valence-corrected chi connectivity index (χ0v) is 15.4. The molecule has 0 saturated carbocycles. The van der Waals surface area contributed by atoms with Crippen LogP contribution in [0.15, 0.2) is 42.5 Å². The number of imidazole rings is 1. The van der Waals surface area contributed by atoms with Crippen LogP contribution in [0.2, 0.25) is 5.02 Å². The number of nitrogens with one attached hydrogen (secondary N) is 2. The minimum Gasteiger partial charge on any atom is -0.392 e. The van der Waals surface area contributed by atoms with Gasteiger partial charge in [-0.2, -0.15) is 0 Å². The third kappa shape index (κ3) is 4.15. The molecule has 2 aromatic carbocycles. The predicted molar refractivity (Wildman–Crippen MR) is 105 cm³/mol. The summed E-state index contributed by atoms with van der Waals surface area (Å²) in [6.45, 7) is 4.04. The van der Waals surface area contributed by atoms with Gasteiger partial charge in [0.05, 0.1) is 27.8 Å². The maximum absolute atomic E-state index is 12.6. The van der Waals surface area contributed by atoms with Gasteiger partial charge in [0.25, 0.3) is 0 Å². The smallest absolute Gasteiger partial charge is 0.244 e. The van der Waals surface area contributed by atoms with Gasteiger partial charge in [-0.15, -0.1) is 0 Å². The standard InChI is InChI=1S/C19H21ClN4O2/c1-12-7-8-15(14(20)9-12)22-18(26)11-24-17-6-4-3-5-16(17)23-19(24)21-10-13(2)25/h3-9,13,25H,10-11H2,1-2H3,(H,21,23)(H,22,26). The molecule has 0 saturated heterocycles. The van der Waals surface area contributed by atoms with Crippen molar-refractivity contribution in [3.63, 3.8) is 0 Å². The van der Waals surface area contributed by atoms with Gasteiger partial charge in [-0.3, -0.25) is 4.79 Å². The van der Waals surface area contributed by atoms with Crippen molar-refractivity contribution in [1.82, 2.24) is 9.55 Å². The average molecular weight is 373 g/mol. The third-order valence-electron chi connectivity index (χ3n) is 3.91. The fourth-order valence-electron chi connectivity index (χ4n) is 2.66. The summed E-state index contributed by atoms with van der Waals surface area (Å²) in [4.78, 5) is 17.1. The Kier molecular flexibility index (Phi) is 5.44. The molecule has 0 aliphatic rings. The van der Waals surface area contributed by atoms with Crippen molar-refractivity contribution in [3.8, 4) is 0 Å². The number of halogens is 1. The van der Waals surface area contributed by atoms with Crippen LogP contribution < -0.4 is 10.6 Å². The first-order chi connectivity index (χ1) is 12.4. The first-order valence-corrected chi connectivity index (χ1v) is 8.75. The maximum atomic E-state index is 12.6. The highest BCUT2D eigenvalue weighted by Crippen LogP contribution is 2.24. The average Bonchev–Trinajstić information content (AvgIpc) is 2.93. The molecule has 136 valence electrons. The van der Waals surface area contributed by atoms with Crippen LogP contribution in [0.3, 0.4) is 0 Å². The molecular weight excluding hydrogens is 352 g/mol. The van der Waals surface area contributed by atoms with Gasteiger partial charge in [0.2, 0.25) is 11.9 Å². The fraction of sp³-hybridized carbons (Fsp3) is 0.263. The largest absolute Gasteiger partial charge is 0.392 e. The number of amides is 1. The van der Waals surface area contributed by atoms with E-state index in [-0.39, 0.29) is 12.5 Å². The Bertz CT molecular complexity index is 936. The summed E-state index contributed by atoms with van der Waals surface area (Å²) in [5, 5.41) is 15.9. The van der Waals surface area contributed by atoms with Crippen LogP contribution >= 0.6 is 11.6 Å². The quantitative estimate of drug-likeness (QED) is 0.619. The highest BCUT2D eigenvalue weighted by molar-refractivity contribution is 6.33. The number of carbonyl (C=O) groups excluding carboxylic acids is 1. The second-order valence-electron chi connectivity index (χ2n) is 6.27. The molecule has 0 aliphatic heterocycles. The summed E-state index contributed by atoms with van der Waals surface area (Å²) in [5.41, 5.74) is 3.22. The van der Waals surface area contributed by atoms with E-state index in [1.54, 1.807) is 23.6 Å². The van der Waals surface area contributed by atoms with Crippen LogP contribution in [0.5, 0.6) is 0 Å². The molecule has 1 atom stereocenters. The van der Waals surface area contributed by atoms with Gasteiger partial charge >= 0.3 is 0 Å². The molecule has 0 spiro atoms. The Morgan fingerprint density at radius 2 is 2.08 bits per heavy atom. The van der Waals surface area contributed by atoms with Gasteiger partial charge in [0, 0.05) is 6.54 Å². The van der Waals surface area contributed by atoms with E-state index in [1.165, 1.54) is 0 Å². The highest BCUT2D eigenvalue weighted by Gasteiger charge is 2.15. The van der Waals surface area contributed by atoms with Crippen molar-refractivity contribution in [2.45, 2.75) is 26.5 Å². The molecule has 7 heteroatoms. The first-order valence-electron chi connectivity index (χ1n) is 8.37. The van der Waals surface area contributed by atoms with Crippen molar-refractivity contribution in [1.29, 1.82) is 0 Å². The number of aryl methyl sites for hydroxylation is 1. The number of rotatable bonds is 6. The SMILES string of the molecule is Cc1ccc(NC(=O)Cn2c(NCC(C)O)nc3ccccc32)c(Cl)c1. The molecule has 3 aromatic rings. The van der Waals surface area contributed by atoms with E-state index in [0.717, 1.165) is 16.6 Å². The number of hydrogen-bond donors (Lipinski definition) is 3. The van der Waals surface area contributed by atoms with Crippen LogP contribution in [-0.2, 0) is 11.3 Å². The van der Waals surface area contributed by atoms with Gasteiger partial charge in [0.15, 0.2) is 0 Å². The molecule has 6 nitrogen and oxygen atoms in total. The summed E-state index contributed by atoms with van der Waals surface area (Å²) < 4.78 is 1.79. The Hall–Kier alpha value is -2.57. The number of aromatic nitrogens is 2. The number of carbonyl (C=O) groups is 1. The van der Waals surface area contributed by atoms with E-state index in [2.05, 4.69) is 15.6 Å². The highest BCUT2D eigenvalue weighted by atomic mass is 35.5. The lowest BCUT2D eigenvalue weighted by Gasteiger charge is -2.13. The number of aliphatic hydroxyl groups excluding tert-OH is 1. The monoisotopic (exact) mass is 372 g/mol. The van der Waals surface area contributed by atoms with E-state index >= 15 is 0 Å². The van der Waals surface area contributed by atoms with Crippen molar-refractivity contribution < 1.29 is 9.90 Å². The summed E-state index contributed by atoms with van der Waals surface area (Å²) >= 11 is 6.19. The van der Waals surface area contributed by atoms with Crippen molar-refractivity contribution >= 4 is 40.2 Å². The third-order valence-corrected chi connectivity index (χ3v) is 4.22. The Morgan fingerprint density at radius 3 is 2.81 bits per heavy atom. The second-order valence-corrected chi connectivity index (χ2v) is 6.68. The summed E-state index contributed by atoms with van der Waals surface area (Å²) in [5.74, 6) is 0.330. The number of fused-ring (bicyclic) bond motifs is 1. The summed E-state index contributed by atoms with van der Waals surface area (Å²) in [7, 11) is 0. The topological polar surface area (TPSA) is 79.2 Å². The maximum Gasteiger partial charge on any atom is 0.244 e. The molecule has 26 heavy (non-hydrogen) atoms.